The van der Waals surface area contributed by atoms with Crippen LogP contribution in [0.3, 0.4) is 0 Å². The second-order valence-electron chi connectivity index (χ2n) is 11.6. The Hall–Kier alpha value is -6.13. The van der Waals surface area contributed by atoms with E-state index in [-0.39, 0.29) is 0 Å². The molecule has 0 atom stereocenters. The van der Waals surface area contributed by atoms with Gasteiger partial charge >= 0.3 is 0 Å². The molecule has 0 unspecified atom stereocenters. The minimum absolute atomic E-state index is 0.647. The summed E-state index contributed by atoms with van der Waals surface area (Å²) in [5, 5.41) is 7.01. The summed E-state index contributed by atoms with van der Waals surface area (Å²) in [4.78, 5) is 4.83. The van der Waals surface area contributed by atoms with Gasteiger partial charge < -0.3 is 13.6 Å². The van der Waals surface area contributed by atoms with Crippen molar-refractivity contribution < 1.29 is 4.42 Å². The highest BCUT2D eigenvalue weighted by atomic mass is 16.3. The van der Waals surface area contributed by atoms with E-state index < -0.39 is 0 Å². The third-order valence-electron chi connectivity index (χ3n) is 9.17. The summed E-state index contributed by atoms with van der Waals surface area (Å²) < 4.78 is 10.9. The molecule has 0 fully saturated rings. The van der Waals surface area contributed by atoms with E-state index in [9.17, 15) is 0 Å². The Morgan fingerprint density at radius 2 is 0.978 bits per heavy atom. The second kappa shape index (κ2) is 9.18. The molecule has 4 nitrogen and oxygen atoms in total. The minimum Gasteiger partial charge on any atom is -0.438 e. The molecule has 10 aromatic rings. The molecule has 0 spiro atoms. The largest absolute Gasteiger partial charge is 0.438 e. The molecule has 0 saturated heterocycles. The van der Waals surface area contributed by atoms with E-state index in [4.69, 9.17) is 9.40 Å². The second-order valence-corrected chi connectivity index (χ2v) is 11.6. The minimum atomic E-state index is 0.647. The molecule has 0 N–H and O–H groups in total. The van der Waals surface area contributed by atoms with Crippen molar-refractivity contribution in [2.75, 3.05) is 0 Å². The van der Waals surface area contributed by atoms with Crippen LogP contribution in [0.5, 0.6) is 0 Å². The highest BCUT2D eigenvalue weighted by molar-refractivity contribution is 6.13. The Labute approximate surface area is 258 Å². The monoisotopic (exact) mass is 575 g/mol. The van der Waals surface area contributed by atoms with Gasteiger partial charge in [0.05, 0.1) is 39.3 Å². The van der Waals surface area contributed by atoms with Gasteiger partial charge in [-0.3, -0.25) is 0 Å². The number of benzene rings is 6. The van der Waals surface area contributed by atoms with E-state index >= 15 is 0 Å². The van der Waals surface area contributed by atoms with E-state index in [0.29, 0.717) is 5.71 Å². The summed E-state index contributed by atoms with van der Waals surface area (Å²) >= 11 is 0. The molecule has 0 aliphatic carbocycles. The molecule has 0 saturated carbocycles. The van der Waals surface area contributed by atoms with Crippen molar-refractivity contribution in [3.63, 3.8) is 0 Å². The van der Waals surface area contributed by atoms with Gasteiger partial charge in [-0.1, -0.05) is 91.0 Å². The van der Waals surface area contributed by atoms with Gasteiger partial charge in [-0.15, -0.1) is 0 Å². The number of hydrogen-bond donors (Lipinski definition) is 0. The molecule has 6 aromatic carbocycles. The van der Waals surface area contributed by atoms with Crippen molar-refractivity contribution in [1.82, 2.24) is 14.1 Å². The van der Waals surface area contributed by atoms with Gasteiger partial charge in [-0.05, 0) is 65.7 Å². The Morgan fingerprint density at radius 1 is 0.400 bits per heavy atom. The maximum atomic E-state index is 6.19. The predicted molar refractivity (Wildman–Crippen MR) is 186 cm³/mol. The van der Waals surface area contributed by atoms with Crippen LogP contribution in [0, 0.1) is 0 Å². The number of aromatic nitrogens is 3. The van der Waals surface area contributed by atoms with E-state index in [1.807, 2.05) is 12.3 Å². The van der Waals surface area contributed by atoms with Gasteiger partial charge in [0, 0.05) is 32.6 Å². The number of para-hydroxylation sites is 3. The molecule has 10 rings (SSSR count). The van der Waals surface area contributed by atoms with Gasteiger partial charge in [0.1, 0.15) is 5.58 Å². The SMILES string of the molecule is c1ccc(-c2ccc3oc4ncc(-n5c6ccccc6c6cc(-n7c8ccccc8c8ccccc87)ccc65)cc4c3c2)cc1. The van der Waals surface area contributed by atoms with Crippen LogP contribution in [0.4, 0.5) is 0 Å². The summed E-state index contributed by atoms with van der Waals surface area (Å²) in [7, 11) is 0. The van der Waals surface area contributed by atoms with Crippen LogP contribution in [-0.2, 0) is 0 Å². The highest BCUT2D eigenvalue weighted by Crippen LogP contribution is 2.38. The van der Waals surface area contributed by atoms with Crippen LogP contribution in [0.15, 0.2) is 156 Å². The number of nitrogens with zero attached hydrogens (tertiary/aromatic N) is 3. The van der Waals surface area contributed by atoms with Crippen molar-refractivity contribution in [1.29, 1.82) is 0 Å². The molecule has 210 valence electrons. The molecule has 4 heterocycles. The first-order valence-corrected chi connectivity index (χ1v) is 15.2. The van der Waals surface area contributed by atoms with Crippen LogP contribution in [-0.4, -0.2) is 14.1 Å². The first-order chi connectivity index (χ1) is 22.3. The predicted octanol–water partition coefficient (Wildman–Crippen LogP) is 10.8. The zero-order valence-electron chi connectivity index (χ0n) is 24.2. The van der Waals surface area contributed by atoms with Gasteiger partial charge in [0.25, 0.3) is 0 Å². The summed E-state index contributed by atoms with van der Waals surface area (Å²) in [6, 6.07) is 51.8. The van der Waals surface area contributed by atoms with Crippen molar-refractivity contribution in [2.45, 2.75) is 0 Å². The maximum Gasteiger partial charge on any atom is 0.227 e. The zero-order chi connectivity index (χ0) is 29.5. The number of pyridine rings is 1. The number of rotatable bonds is 3. The van der Waals surface area contributed by atoms with E-state index in [0.717, 1.165) is 44.3 Å². The quantitative estimate of drug-likeness (QED) is 0.210. The fraction of sp³-hybridized carbons (Fsp3) is 0. The lowest BCUT2D eigenvalue weighted by atomic mass is 10.0. The van der Waals surface area contributed by atoms with Crippen LogP contribution in [0.1, 0.15) is 0 Å². The van der Waals surface area contributed by atoms with Gasteiger partial charge in [0.15, 0.2) is 0 Å². The fourth-order valence-corrected chi connectivity index (χ4v) is 7.16. The van der Waals surface area contributed by atoms with Gasteiger partial charge in [-0.2, -0.15) is 0 Å². The molecule has 0 bridgehead atoms. The third-order valence-corrected chi connectivity index (χ3v) is 9.17. The summed E-state index contributed by atoms with van der Waals surface area (Å²) in [6.45, 7) is 0. The molecule has 0 aliphatic heterocycles. The third kappa shape index (κ3) is 3.51. The molecule has 4 aromatic heterocycles. The lowest BCUT2D eigenvalue weighted by Gasteiger charge is -2.10. The molecular weight excluding hydrogens is 550 g/mol. The Morgan fingerprint density at radius 3 is 1.69 bits per heavy atom. The highest BCUT2D eigenvalue weighted by Gasteiger charge is 2.18. The smallest absolute Gasteiger partial charge is 0.227 e. The fourth-order valence-electron chi connectivity index (χ4n) is 7.16. The van der Waals surface area contributed by atoms with Crippen molar-refractivity contribution in [3.05, 3.63) is 152 Å². The van der Waals surface area contributed by atoms with Gasteiger partial charge in [-0.25, -0.2) is 4.98 Å². The zero-order valence-corrected chi connectivity index (χ0v) is 24.2. The average molecular weight is 576 g/mol. The van der Waals surface area contributed by atoms with Crippen LogP contribution in [0.2, 0.25) is 0 Å². The summed E-state index contributed by atoms with van der Waals surface area (Å²) in [6.07, 6.45) is 1.93. The molecular formula is C41H25N3O. The Bertz CT molecular complexity index is 2710. The first-order valence-electron chi connectivity index (χ1n) is 15.2. The lowest BCUT2D eigenvalue weighted by Crippen LogP contribution is -1.96. The maximum absolute atomic E-state index is 6.19. The summed E-state index contributed by atoms with van der Waals surface area (Å²) in [5.74, 6) is 0. The van der Waals surface area contributed by atoms with Crippen molar-refractivity contribution >= 4 is 65.7 Å². The number of hydrogen-bond acceptors (Lipinski definition) is 2. The van der Waals surface area contributed by atoms with Crippen LogP contribution in [0.25, 0.3) is 88.2 Å². The topological polar surface area (TPSA) is 35.9 Å². The van der Waals surface area contributed by atoms with Crippen molar-refractivity contribution in [2.24, 2.45) is 0 Å². The van der Waals surface area contributed by atoms with E-state index in [1.54, 1.807) is 0 Å². The van der Waals surface area contributed by atoms with E-state index in [2.05, 4.69) is 149 Å². The van der Waals surface area contributed by atoms with Gasteiger partial charge in [0.2, 0.25) is 5.71 Å². The first kappa shape index (κ1) is 24.3. The average Bonchev–Trinajstić information content (AvgIpc) is 3.75. The molecule has 0 amide bonds. The standard InChI is InChI=1S/C41H25N3O/c1-2-10-26(11-3-1)27-18-21-40-34(22-27)35-24-29(25-42-41(35)45-40)44-38-17-9-6-14-32(38)33-23-28(19-20-39(33)44)43-36-15-7-4-12-30(36)31-13-5-8-16-37(31)43/h1-25H. The normalized spacial score (nSPS) is 12.0. The number of furan rings is 1. The molecule has 45 heavy (non-hydrogen) atoms. The molecule has 4 heteroatoms. The van der Waals surface area contributed by atoms with Crippen molar-refractivity contribution in [3.8, 4) is 22.5 Å². The summed E-state index contributed by atoms with van der Waals surface area (Å²) in [5.41, 5.74) is 10.7. The lowest BCUT2D eigenvalue weighted by molar-refractivity contribution is 0.654. The number of fused-ring (bicyclic) bond motifs is 9. The van der Waals surface area contributed by atoms with Crippen LogP contribution >= 0.6 is 0 Å². The Kier molecular flexibility index (Phi) is 4.96. The van der Waals surface area contributed by atoms with Crippen LogP contribution < -0.4 is 0 Å². The molecule has 0 aliphatic rings. The Balaban J connectivity index is 1.21. The molecule has 0 radical (unpaired) electrons. The van der Waals surface area contributed by atoms with E-state index in [1.165, 1.54) is 38.1 Å².